The standard InChI is InChI=1S/C13H25N3O/c1-15-5-7-16(8-6-15)13(17)12-4-2-3-11(9-12)10-14/h11-12H,2-10,14H2,1H3. The Morgan fingerprint density at radius 3 is 2.59 bits per heavy atom. The molecule has 1 aliphatic carbocycles. The number of carbonyl (C=O) groups is 1. The molecule has 2 rings (SSSR count). The lowest BCUT2D eigenvalue weighted by atomic mass is 9.80. The predicted octanol–water partition coefficient (Wildman–Crippen LogP) is 0.526. The molecule has 2 atom stereocenters. The zero-order chi connectivity index (χ0) is 12.3. The van der Waals surface area contributed by atoms with Crippen molar-refractivity contribution in [1.29, 1.82) is 0 Å². The molecule has 1 aliphatic heterocycles. The van der Waals surface area contributed by atoms with Gasteiger partial charge in [0.15, 0.2) is 0 Å². The number of hydrogen-bond acceptors (Lipinski definition) is 3. The van der Waals surface area contributed by atoms with Crippen molar-refractivity contribution in [2.75, 3.05) is 39.8 Å². The Kier molecular flexibility index (Phi) is 4.40. The third-order valence-corrected chi connectivity index (χ3v) is 4.28. The van der Waals surface area contributed by atoms with Gasteiger partial charge in [-0.25, -0.2) is 0 Å². The minimum atomic E-state index is 0.251. The van der Waals surface area contributed by atoms with E-state index in [2.05, 4.69) is 16.8 Å². The highest BCUT2D eigenvalue weighted by molar-refractivity contribution is 5.79. The molecule has 4 nitrogen and oxygen atoms in total. The van der Waals surface area contributed by atoms with Gasteiger partial charge in [-0.1, -0.05) is 6.42 Å². The van der Waals surface area contributed by atoms with Crippen LogP contribution in [-0.2, 0) is 4.79 Å². The molecular formula is C13H25N3O. The van der Waals surface area contributed by atoms with E-state index in [0.717, 1.165) is 45.6 Å². The second kappa shape index (κ2) is 5.83. The van der Waals surface area contributed by atoms with Crippen molar-refractivity contribution >= 4 is 5.91 Å². The number of amides is 1. The average Bonchev–Trinajstić information content (AvgIpc) is 2.39. The number of likely N-dealkylation sites (N-methyl/N-ethyl adjacent to an activating group) is 1. The third kappa shape index (κ3) is 3.19. The lowest BCUT2D eigenvalue weighted by Gasteiger charge is -2.36. The van der Waals surface area contributed by atoms with Crippen LogP contribution in [0, 0.1) is 11.8 Å². The molecule has 2 aliphatic rings. The summed E-state index contributed by atoms with van der Waals surface area (Å²) in [5.41, 5.74) is 5.73. The van der Waals surface area contributed by atoms with Crippen LogP contribution >= 0.6 is 0 Å². The number of rotatable bonds is 2. The number of piperazine rings is 1. The second-order valence-electron chi connectivity index (χ2n) is 5.59. The average molecular weight is 239 g/mol. The minimum Gasteiger partial charge on any atom is -0.340 e. The van der Waals surface area contributed by atoms with Gasteiger partial charge in [-0.3, -0.25) is 4.79 Å². The van der Waals surface area contributed by atoms with Crippen molar-refractivity contribution in [3.63, 3.8) is 0 Å². The summed E-state index contributed by atoms with van der Waals surface area (Å²) in [6.07, 6.45) is 4.47. The van der Waals surface area contributed by atoms with Crippen molar-refractivity contribution in [3.05, 3.63) is 0 Å². The van der Waals surface area contributed by atoms with Gasteiger partial charge >= 0.3 is 0 Å². The fourth-order valence-electron chi connectivity index (χ4n) is 3.01. The molecule has 1 heterocycles. The molecule has 2 fully saturated rings. The van der Waals surface area contributed by atoms with Crippen LogP contribution in [0.3, 0.4) is 0 Å². The summed E-state index contributed by atoms with van der Waals surface area (Å²) in [6.45, 7) is 4.57. The lowest BCUT2D eigenvalue weighted by molar-refractivity contribution is -0.138. The Morgan fingerprint density at radius 1 is 1.24 bits per heavy atom. The maximum Gasteiger partial charge on any atom is 0.225 e. The first-order valence-electron chi connectivity index (χ1n) is 6.88. The maximum absolute atomic E-state index is 12.4. The maximum atomic E-state index is 12.4. The van der Waals surface area contributed by atoms with E-state index < -0.39 is 0 Å². The molecule has 0 bridgehead atoms. The van der Waals surface area contributed by atoms with E-state index in [0.29, 0.717) is 11.8 Å². The molecule has 1 saturated heterocycles. The number of nitrogens with two attached hydrogens (primary N) is 1. The molecule has 1 saturated carbocycles. The Labute approximate surface area is 104 Å². The highest BCUT2D eigenvalue weighted by Gasteiger charge is 2.30. The monoisotopic (exact) mass is 239 g/mol. The van der Waals surface area contributed by atoms with Crippen LogP contribution in [0.1, 0.15) is 25.7 Å². The minimum absolute atomic E-state index is 0.251. The molecule has 0 radical (unpaired) electrons. The van der Waals surface area contributed by atoms with Crippen LogP contribution in [-0.4, -0.2) is 55.5 Å². The lowest BCUT2D eigenvalue weighted by Crippen LogP contribution is -2.49. The third-order valence-electron chi connectivity index (χ3n) is 4.28. The van der Waals surface area contributed by atoms with Gasteiger partial charge < -0.3 is 15.5 Å². The quantitative estimate of drug-likeness (QED) is 0.764. The van der Waals surface area contributed by atoms with Gasteiger partial charge in [0.05, 0.1) is 0 Å². The molecule has 2 N–H and O–H groups in total. The topological polar surface area (TPSA) is 49.6 Å². The Morgan fingerprint density at radius 2 is 1.94 bits per heavy atom. The van der Waals surface area contributed by atoms with Gasteiger partial charge in [-0.15, -0.1) is 0 Å². The van der Waals surface area contributed by atoms with Gasteiger partial charge in [-0.05, 0) is 38.8 Å². The van der Waals surface area contributed by atoms with Crippen molar-refractivity contribution in [1.82, 2.24) is 9.80 Å². The van der Waals surface area contributed by atoms with Gasteiger partial charge in [0.2, 0.25) is 5.91 Å². The van der Waals surface area contributed by atoms with Gasteiger partial charge in [0.25, 0.3) is 0 Å². The molecule has 1 amide bonds. The van der Waals surface area contributed by atoms with Crippen molar-refractivity contribution in [3.8, 4) is 0 Å². The molecule has 0 spiro atoms. The summed E-state index contributed by atoms with van der Waals surface area (Å²) in [7, 11) is 2.12. The number of carbonyl (C=O) groups excluding carboxylic acids is 1. The van der Waals surface area contributed by atoms with E-state index in [1.807, 2.05) is 0 Å². The fourth-order valence-corrected chi connectivity index (χ4v) is 3.01. The number of nitrogens with zero attached hydrogens (tertiary/aromatic N) is 2. The predicted molar refractivity (Wildman–Crippen MR) is 68.6 cm³/mol. The molecule has 0 aromatic rings. The van der Waals surface area contributed by atoms with Crippen LogP contribution in [0.4, 0.5) is 0 Å². The fraction of sp³-hybridized carbons (Fsp3) is 0.923. The Balaban J connectivity index is 1.86. The highest BCUT2D eigenvalue weighted by atomic mass is 16.2. The van der Waals surface area contributed by atoms with E-state index in [-0.39, 0.29) is 5.92 Å². The molecule has 0 aromatic carbocycles. The van der Waals surface area contributed by atoms with Crippen LogP contribution in [0.15, 0.2) is 0 Å². The molecular weight excluding hydrogens is 214 g/mol. The molecule has 0 aromatic heterocycles. The van der Waals surface area contributed by atoms with Crippen LogP contribution < -0.4 is 5.73 Å². The first-order valence-corrected chi connectivity index (χ1v) is 6.88. The van der Waals surface area contributed by atoms with E-state index in [1.165, 1.54) is 12.8 Å². The molecule has 2 unspecified atom stereocenters. The molecule has 98 valence electrons. The van der Waals surface area contributed by atoms with Crippen molar-refractivity contribution in [2.45, 2.75) is 25.7 Å². The zero-order valence-corrected chi connectivity index (χ0v) is 10.9. The summed E-state index contributed by atoms with van der Waals surface area (Å²) >= 11 is 0. The van der Waals surface area contributed by atoms with Gasteiger partial charge in [0.1, 0.15) is 0 Å². The van der Waals surface area contributed by atoms with Gasteiger partial charge in [0, 0.05) is 32.1 Å². The highest BCUT2D eigenvalue weighted by Crippen LogP contribution is 2.29. The summed E-state index contributed by atoms with van der Waals surface area (Å²) in [6, 6.07) is 0. The molecule has 4 heteroatoms. The summed E-state index contributed by atoms with van der Waals surface area (Å²) in [4.78, 5) is 16.7. The largest absolute Gasteiger partial charge is 0.340 e. The first-order chi connectivity index (χ1) is 8.20. The van der Waals surface area contributed by atoms with Crippen LogP contribution in [0.2, 0.25) is 0 Å². The zero-order valence-electron chi connectivity index (χ0n) is 10.9. The van der Waals surface area contributed by atoms with E-state index >= 15 is 0 Å². The van der Waals surface area contributed by atoms with E-state index in [1.54, 1.807) is 0 Å². The van der Waals surface area contributed by atoms with Crippen molar-refractivity contribution < 1.29 is 4.79 Å². The summed E-state index contributed by atoms with van der Waals surface area (Å²) in [5, 5.41) is 0. The van der Waals surface area contributed by atoms with Crippen LogP contribution in [0.5, 0.6) is 0 Å². The Bertz CT molecular complexity index is 261. The van der Waals surface area contributed by atoms with Crippen molar-refractivity contribution in [2.24, 2.45) is 17.6 Å². The molecule has 17 heavy (non-hydrogen) atoms. The van der Waals surface area contributed by atoms with Gasteiger partial charge in [-0.2, -0.15) is 0 Å². The smallest absolute Gasteiger partial charge is 0.225 e. The normalized spacial score (nSPS) is 31.5. The second-order valence-corrected chi connectivity index (χ2v) is 5.59. The van der Waals surface area contributed by atoms with Crippen LogP contribution in [0.25, 0.3) is 0 Å². The SMILES string of the molecule is CN1CCN(C(=O)C2CCCC(CN)C2)CC1. The summed E-state index contributed by atoms with van der Waals surface area (Å²) < 4.78 is 0. The Hall–Kier alpha value is -0.610. The summed E-state index contributed by atoms with van der Waals surface area (Å²) in [5.74, 6) is 1.21. The van der Waals surface area contributed by atoms with E-state index in [4.69, 9.17) is 5.73 Å². The first kappa shape index (κ1) is 12.8. The number of hydrogen-bond donors (Lipinski definition) is 1. The van der Waals surface area contributed by atoms with E-state index in [9.17, 15) is 4.79 Å².